The number of ketones is 1. The maximum Gasteiger partial charge on any atom is 0.179 e. The first-order valence-electron chi connectivity index (χ1n) is 9.13. The molecule has 0 amide bonds. The molecule has 2 aromatic carbocycles. The molecule has 0 spiro atoms. The highest BCUT2D eigenvalue weighted by atomic mass is 32.1. The Hall–Kier alpha value is -3.25. The second-order valence-corrected chi connectivity index (χ2v) is 7.47. The first-order chi connectivity index (χ1) is 13.7. The Balaban J connectivity index is 1.87. The van der Waals surface area contributed by atoms with Crippen LogP contribution in [0.25, 0.3) is 38.2 Å². The lowest BCUT2D eigenvalue weighted by atomic mass is 10.1. The highest BCUT2D eigenvalue weighted by molar-refractivity contribution is 7.09. The van der Waals surface area contributed by atoms with Crippen LogP contribution in [-0.2, 0) is 0 Å². The van der Waals surface area contributed by atoms with E-state index in [1.165, 1.54) is 11.5 Å². The van der Waals surface area contributed by atoms with E-state index >= 15 is 0 Å². The number of hydrogen-bond acceptors (Lipinski definition) is 4. The summed E-state index contributed by atoms with van der Waals surface area (Å²) in [6, 6.07) is 17.6. The average Bonchev–Trinajstić information content (AvgIpc) is 3.44. The quantitative estimate of drug-likeness (QED) is 0.425. The summed E-state index contributed by atoms with van der Waals surface area (Å²) in [5.74, 6) is 0.118. The van der Waals surface area contributed by atoms with E-state index in [4.69, 9.17) is 0 Å². The number of para-hydroxylation sites is 2. The fourth-order valence-corrected chi connectivity index (χ4v) is 4.29. The molecule has 5 nitrogen and oxygen atoms in total. The van der Waals surface area contributed by atoms with Gasteiger partial charge >= 0.3 is 0 Å². The van der Waals surface area contributed by atoms with E-state index in [0.29, 0.717) is 12.1 Å². The van der Waals surface area contributed by atoms with Crippen molar-refractivity contribution in [1.29, 1.82) is 0 Å². The number of nitrogens with zero attached hydrogens (tertiary/aromatic N) is 3. The van der Waals surface area contributed by atoms with Gasteiger partial charge in [0, 0.05) is 23.3 Å². The second kappa shape index (κ2) is 6.42. The molecule has 5 aromatic rings. The molecule has 0 saturated carbocycles. The molecule has 0 bridgehead atoms. The van der Waals surface area contributed by atoms with Crippen LogP contribution >= 0.6 is 11.5 Å². The lowest BCUT2D eigenvalue weighted by Crippen LogP contribution is -1.99. The molecule has 0 unspecified atom stereocenters. The van der Waals surface area contributed by atoms with Crippen LogP contribution in [0.4, 0.5) is 0 Å². The van der Waals surface area contributed by atoms with Gasteiger partial charge in [-0.1, -0.05) is 37.3 Å². The minimum Gasteiger partial charge on any atom is -0.350 e. The lowest BCUT2D eigenvalue weighted by Gasteiger charge is -2.10. The third-order valence-electron chi connectivity index (χ3n) is 5.11. The van der Waals surface area contributed by atoms with Crippen molar-refractivity contribution in [2.45, 2.75) is 20.3 Å². The van der Waals surface area contributed by atoms with E-state index in [0.717, 1.165) is 43.8 Å². The number of aromatic amines is 1. The SMILES string of the molecule is CCC(=O)c1[nH]c2c(-n3c(-c4ncns4)cc4ccc[c]c43)cccc2c1C. The number of nitrogens with one attached hydrogen (secondary N) is 1. The van der Waals surface area contributed by atoms with Gasteiger partial charge in [-0.3, -0.25) is 4.79 Å². The Bertz CT molecular complexity index is 1330. The minimum atomic E-state index is 0.118. The van der Waals surface area contributed by atoms with Crippen molar-refractivity contribution in [2.24, 2.45) is 0 Å². The Morgan fingerprint density at radius 3 is 2.96 bits per heavy atom. The van der Waals surface area contributed by atoms with E-state index in [9.17, 15) is 4.79 Å². The summed E-state index contributed by atoms with van der Waals surface area (Å²) in [6.45, 7) is 3.88. The van der Waals surface area contributed by atoms with Gasteiger partial charge in [0.25, 0.3) is 0 Å². The number of Topliss-reactive ketones (excluding diaryl/α,β-unsaturated/α-hetero) is 1. The topological polar surface area (TPSA) is 63.6 Å². The summed E-state index contributed by atoms with van der Waals surface area (Å²) >= 11 is 1.36. The molecule has 3 heterocycles. The normalized spacial score (nSPS) is 11.5. The van der Waals surface area contributed by atoms with Crippen molar-refractivity contribution < 1.29 is 4.79 Å². The fraction of sp³-hybridized carbons (Fsp3) is 0.136. The van der Waals surface area contributed by atoms with Crippen LogP contribution < -0.4 is 0 Å². The molecule has 137 valence electrons. The summed E-state index contributed by atoms with van der Waals surface area (Å²) in [7, 11) is 0. The average molecular weight is 385 g/mol. The molecule has 0 fully saturated rings. The molecule has 0 saturated heterocycles. The second-order valence-electron chi connectivity index (χ2n) is 6.69. The van der Waals surface area contributed by atoms with E-state index in [1.807, 2.05) is 32.0 Å². The van der Waals surface area contributed by atoms with E-state index < -0.39 is 0 Å². The number of H-pyrrole nitrogens is 1. The smallest absolute Gasteiger partial charge is 0.179 e. The molecule has 5 rings (SSSR count). The molecular formula is C22H17N4OS. The molecule has 1 radical (unpaired) electrons. The highest BCUT2D eigenvalue weighted by Crippen LogP contribution is 2.35. The van der Waals surface area contributed by atoms with Gasteiger partial charge in [0.15, 0.2) is 10.8 Å². The van der Waals surface area contributed by atoms with Crippen LogP contribution in [0, 0.1) is 13.0 Å². The predicted molar refractivity (Wildman–Crippen MR) is 112 cm³/mol. The van der Waals surface area contributed by atoms with Crippen molar-refractivity contribution in [3.63, 3.8) is 0 Å². The highest BCUT2D eigenvalue weighted by Gasteiger charge is 2.20. The Labute approximate surface area is 165 Å². The summed E-state index contributed by atoms with van der Waals surface area (Å²) in [5, 5.41) is 2.97. The van der Waals surface area contributed by atoms with Gasteiger partial charge in [-0.15, -0.1) is 0 Å². The molecule has 0 atom stereocenters. The van der Waals surface area contributed by atoms with Gasteiger partial charge in [-0.25, -0.2) is 4.98 Å². The van der Waals surface area contributed by atoms with Gasteiger partial charge in [0.1, 0.15) is 6.33 Å². The Morgan fingerprint density at radius 1 is 1.29 bits per heavy atom. The number of aryl methyl sites for hydroxylation is 1. The molecule has 6 heteroatoms. The summed E-state index contributed by atoms with van der Waals surface area (Å²) < 4.78 is 6.32. The zero-order valence-electron chi connectivity index (χ0n) is 15.5. The summed E-state index contributed by atoms with van der Waals surface area (Å²) in [6.07, 6.45) is 2.04. The largest absolute Gasteiger partial charge is 0.350 e. The van der Waals surface area contributed by atoms with Crippen molar-refractivity contribution in [1.82, 2.24) is 18.9 Å². The monoisotopic (exact) mass is 385 g/mol. The van der Waals surface area contributed by atoms with Crippen LogP contribution in [0.2, 0.25) is 0 Å². The lowest BCUT2D eigenvalue weighted by molar-refractivity contribution is 0.0983. The number of hydrogen-bond donors (Lipinski definition) is 1. The van der Waals surface area contributed by atoms with Crippen LogP contribution in [-0.4, -0.2) is 24.7 Å². The molecule has 28 heavy (non-hydrogen) atoms. The molecular weight excluding hydrogens is 368 g/mol. The number of rotatable bonds is 4. The predicted octanol–water partition coefficient (Wildman–Crippen LogP) is 5.33. The first-order valence-corrected chi connectivity index (χ1v) is 9.90. The maximum atomic E-state index is 12.4. The molecule has 0 aliphatic carbocycles. The van der Waals surface area contributed by atoms with Crippen molar-refractivity contribution in [3.8, 4) is 16.4 Å². The van der Waals surface area contributed by atoms with Gasteiger partial charge in [-0.05, 0) is 36.2 Å². The van der Waals surface area contributed by atoms with E-state index in [-0.39, 0.29) is 5.78 Å². The molecule has 0 aliphatic heterocycles. The first kappa shape index (κ1) is 16.9. The minimum absolute atomic E-state index is 0.118. The van der Waals surface area contributed by atoms with Crippen LogP contribution in [0.15, 0.2) is 48.8 Å². The third-order valence-corrected chi connectivity index (χ3v) is 5.80. The third kappa shape index (κ3) is 2.42. The number of benzene rings is 2. The summed E-state index contributed by atoms with van der Waals surface area (Å²) in [5.41, 5.74) is 5.51. The van der Waals surface area contributed by atoms with Crippen molar-refractivity contribution in [2.75, 3.05) is 0 Å². The van der Waals surface area contributed by atoms with Gasteiger partial charge in [0.2, 0.25) is 0 Å². The molecule has 3 aromatic heterocycles. The van der Waals surface area contributed by atoms with Gasteiger partial charge in [0.05, 0.1) is 28.1 Å². The van der Waals surface area contributed by atoms with Crippen LogP contribution in [0.1, 0.15) is 29.4 Å². The standard InChI is InChI=1S/C22H17N4OS/c1-3-19(27)20-13(2)15-8-6-10-17(21(15)25-20)26-16-9-5-4-7-14(16)11-18(26)22-23-12-24-28-22/h4-8,10-12,25H,3H2,1-2H3. The Kier molecular flexibility index (Phi) is 3.87. The molecule has 0 aliphatic rings. The van der Waals surface area contributed by atoms with Gasteiger partial charge < -0.3 is 9.55 Å². The van der Waals surface area contributed by atoms with Gasteiger partial charge in [-0.2, -0.15) is 4.37 Å². The van der Waals surface area contributed by atoms with Crippen molar-refractivity contribution in [3.05, 3.63) is 66.1 Å². The number of carbonyl (C=O) groups excluding carboxylic acids is 1. The van der Waals surface area contributed by atoms with Crippen molar-refractivity contribution >= 4 is 39.1 Å². The molecule has 1 N–H and O–H groups in total. The van der Waals surface area contributed by atoms with E-state index in [1.54, 1.807) is 6.33 Å². The number of aromatic nitrogens is 4. The van der Waals surface area contributed by atoms with E-state index in [2.05, 4.69) is 49.2 Å². The zero-order valence-corrected chi connectivity index (χ0v) is 16.3. The Morgan fingerprint density at radius 2 is 2.18 bits per heavy atom. The van der Waals surface area contributed by atoms with Crippen LogP contribution in [0.5, 0.6) is 0 Å². The number of carbonyl (C=O) groups is 1. The van der Waals surface area contributed by atoms with Crippen LogP contribution in [0.3, 0.4) is 0 Å². The summed E-state index contributed by atoms with van der Waals surface area (Å²) in [4.78, 5) is 20.2. The maximum absolute atomic E-state index is 12.4. The fourth-order valence-electron chi connectivity index (χ4n) is 3.76. The number of fused-ring (bicyclic) bond motifs is 2. The zero-order chi connectivity index (χ0) is 19.3.